The molecule has 3 aromatic rings. The monoisotopic (exact) mass is 475 g/mol. The number of hydrogen-bond acceptors (Lipinski definition) is 4. The highest BCUT2D eigenvalue weighted by atomic mass is 35.5. The SMILES string of the molecule is CC(=NNS(=O)(=O)c1ccc(C)cc1)c1cccc(NC(=O)c2ccc(Cl)cc2Cl)c1. The van der Waals surface area contributed by atoms with E-state index in [1.54, 1.807) is 49.4 Å². The minimum Gasteiger partial charge on any atom is -0.322 e. The predicted molar refractivity (Wildman–Crippen MR) is 125 cm³/mol. The van der Waals surface area contributed by atoms with E-state index in [2.05, 4.69) is 15.2 Å². The van der Waals surface area contributed by atoms with E-state index < -0.39 is 15.9 Å². The number of anilines is 1. The zero-order valence-electron chi connectivity index (χ0n) is 16.7. The summed E-state index contributed by atoms with van der Waals surface area (Å²) in [5.74, 6) is -0.395. The molecular formula is C22H19Cl2N3O3S. The number of benzene rings is 3. The molecule has 0 heterocycles. The van der Waals surface area contributed by atoms with E-state index >= 15 is 0 Å². The van der Waals surface area contributed by atoms with Crippen molar-refractivity contribution in [1.29, 1.82) is 0 Å². The Kier molecular flexibility index (Phi) is 7.00. The van der Waals surface area contributed by atoms with Crippen LogP contribution in [-0.2, 0) is 10.0 Å². The van der Waals surface area contributed by atoms with Gasteiger partial charge in [0.15, 0.2) is 0 Å². The topological polar surface area (TPSA) is 87.6 Å². The molecule has 31 heavy (non-hydrogen) atoms. The third-order valence-electron chi connectivity index (χ3n) is 4.38. The van der Waals surface area contributed by atoms with Crippen LogP contribution in [0.5, 0.6) is 0 Å². The molecule has 9 heteroatoms. The first-order valence-electron chi connectivity index (χ1n) is 9.15. The lowest BCUT2D eigenvalue weighted by atomic mass is 10.1. The Morgan fingerprint density at radius 1 is 0.968 bits per heavy atom. The van der Waals surface area contributed by atoms with Crippen molar-refractivity contribution in [2.75, 3.05) is 5.32 Å². The number of nitrogens with one attached hydrogen (secondary N) is 2. The van der Waals surface area contributed by atoms with Crippen LogP contribution in [0.15, 0.2) is 76.7 Å². The van der Waals surface area contributed by atoms with Gasteiger partial charge in [-0.2, -0.15) is 18.4 Å². The summed E-state index contributed by atoms with van der Waals surface area (Å²) >= 11 is 12.0. The molecule has 0 unspecified atom stereocenters. The molecule has 3 aromatic carbocycles. The average molecular weight is 476 g/mol. The van der Waals surface area contributed by atoms with Gasteiger partial charge in [-0.3, -0.25) is 4.79 Å². The Labute approximate surface area is 190 Å². The molecule has 0 saturated heterocycles. The van der Waals surface area contributed by atoms with Crippen LogP contribution in [0, 0.1) is 6.92 Å². The number of nitrogens with zero attached hydrogens (tertiary/aromatic N) is 1. The number of aryl methyl sites for hydroxylation is 1. The molecule has 0 spiro atoms. The van der Waals surface area contributed by atoms with E-state index in [1.165, 1.54) is 24.3 Å². The number of amides is 1. The summed E-state index contributed by atoms with van der Waals surface area (Å²) in [6.07, 6.45) is 0. The van der Waals surface area contributed by atoms with Gasteiger partial charge in [0.2, 0.25) is 0 Å². The highest BCUT2D eigenvalue weighted by molar-refractivity contribution is 7.89. The molecule has 3 rings (SSSR count). The lowest BCUT2D eigenvalue weighted by Crippen LogP contribution is -2.20. The normalized spacial score (nSPS) is 11.8. The molecule has 2 N–H and O–H groups in total. The molecule has 0 atom stereocenters. The van der Waals surface area contributed by atoms with Crippen molar-refractivity contribution in [2.45, 2.75) is 18.7 Å². The largest absolute Gasteiger partial charge is 0.322 e. The van der Waals surface area contributed by atoms with Crippen LogP contribution in [-0.4, -0.2) is 20.0 Å². The van der Waals surface area contributed by atoms with E-state index in [0.717, 1.165) is 5.56 Å². The number of carbonyl (C=O) groups is 1. The predicted octanol–water partition coefficient (Wildman–Crippen LogP) is 5.26. The van der Waals surface area contributed by atoms with Gasteiger partial charge in [-0.1, -0.05) is 53.0 Å². The maximum atomic E-state index is 12.5. The fourth-order valence-electron chi connectivity index (χ4n) is 2.66. The molecule has 0 aliphatic carbocycles. The summed E-state index contributed by atoms with van der Waals surface area (Å²) < 4.78 is 24.8. The fourth-order valence-corrected chi connectivity index (χ4v) is 4.01. The van der Waals surface area contributed by atoms with E-state index in [0.29, 0.717) is 22.0 Å². The van der Waals surface area contributed by atoms with Crippen LogP contribution in [0.1, 0.15) is 28.4 Å². The summed E-state index contributed by atoms with van der Waals surface area (Å²) in [5, 5.41) is 7.43. The van der Waals surface area contributed by atoms with E-state index in [-0.39, 0.29) is 15.5 Å². The third-order valence-corrected chi connectivity index (χ3v) is 6.15. The van der Waals surface area contributed by atoms with Crippen molar-refractivity contribution >= 4 is 50.5 Å². The number of sulfonamides is 1. The first-order chi connectivity index (χ1) is 14.7. The number of rotatable bonds is 6. The van der Waals surface area contributed by atoms with Gasteiger partial charge in [-0.05, 0) is 61.9 Å². The molecule has 0 aliphatic rings. The van der Waals surface area contributed by atoms with Crippen LogP contribution < -0.4 is 10.1 Å². The zero-order chi connectivity index (χ0) is 22.6. The molecule has 0 bridgehead atoms. The van der Waals surface area contributed by atoms with Crippen molar-refractivity contribution in [3.8, 4) is 0 Å². The van der Waals surface area contributed by atoms with Crippen LogP contribution in [0.2, 0.25) is 10.0 Å². The van der Waals surface area contributed by atoms with E-state index in [1.807, 2.05) is 6.92 Å². The van der Waals surface area contributed by atoms with Crippen LogP contribution in [0.4, 0.5) is 5.69 Å². The summed E-state index contributed by atoms with van der Waals surface area (Å²) in [7, 11) is -3.79. The molecule has 0 fully saturated rings. The standard InChI is InChI=1S/C22H19Cl2N3O3S/c1-14-6-9-19(10-7-14)31(29,30)27-26-15(2)16-4-3-5-18(12-16)25-22(28)20-11-8-17(23)13-21(20)24/h3-13,27H,1-2H3,(H,25,28). The molecule has 1 amide bonds. The number of carbonyl (C=O) groups excluding carboxylic acids is 1. The van der Waals surface area contributed by atoms with Gasteiger partial charge in [0.1, 0.15) is 0 Å². The Balaban J connectivity index is 1.75. The van der Waals surface area contributed by atoms with Crippen LogP contribution in [0.25, 0.3) is 0 Å². The summed E-state index contributed by atoms with van der Waals surface area (Å²) in [6, 6.07) is 17.9. The van der Waals surface area contributed by atoms with Crippen molar-refractivity contribution in [2.24, 2.45) is 5.10 Å². The Bertz CT molecular complexity index is 1260. The second kappa shape index (κ2) is 9.51. The zero-order valence-corrected chi connectivity index (χ0v) is 19.0. The lowest BCUT2D eigenvalue weighted by Gasteiger charge is -2.09. The molecule has 6 nitrogen and oxygen atoms in total. The molecule has 0 aliphatic heterocycles. The van der Waals surface area contributed by atoms with Gasteiger partial charge in [-0.25, -0.2) is 0 Å². The van der Waals surface area contributed by atoms with Gasteiger partial charge in [0.05, 0.1) is 21.2 Å². The smallest absolute Gasteiger partial charge is 0.276 e. The summed E-state index contributed by atoms with van der Waals surface area (Å²) in [4.78, 5) is 14.9. The minimum absolute atomic E-state index is 0.121. The van der Waals surface area contributed by atoms with Gasteiger partial charge < -0.3 is 5.32 Å². The first-order valence-corrected chi connectivity index (χ1v) is 11.4. The maximum Gasteiger partial charge on any atom is 0.276 e. The highest BCUT2D eigenvalue weighted by Gasteiger charge is 2.14. The minimum atomic E-state index is -3.79. The molecule has 0 radical (unpaired) electrons. The Hall–Kier alpha value is -2.87. The van der Waals surface area contributed by atoms with Crippen molar-refractivity contribution in [3.05, 3.63) is 93.5 Å². The van der Waals surface area contributed by atoms with Gasteiger partial charge in [0.25, 0.3) is 15.9 Å². The second-order valence-electron chi connectivity index (χ2n) is 6.76. The summed E-state index contributed by atoms with van der Waals surface area (Å²) in [5.41, 5.74) is 2.80. The van der Waals surface area contributed by atoms with E-state index in [4.69, 9.17) is 23.2 Å². The Morgan fingerprint density at radius 2 is 1.68 bits per heavy atom. The third kappa shape index (κ3) is 5.85. The van der Waals surface area contributed by atoms with Crippen LogP contribution in [0.3, 0.4) is 0 Å². The number of hydrogen-bond donors (Lipinski definition) is 2. The lowest BCUT2D eigenvalue weighted by molar-refractivity contribution is 0.102. The molecule has 160 valence electrons. The second-order valence-corrected chi connectivity index (χ2v) is 9.27. The van der Waals surface area contributed by atoms with Crippen molar-refractivity contribution in [3.63, 3.8) is 0 Å². The van der Waals surface area contributed by atoms with Crippen molar-refractivity contribution < 1.29 is 13.2 Å². The fraction of sp³-hybridized carbons (Fsp3) is 0.0909. The molecule has 0 saturated carbocycles. The Morgan fingerprint density at radius 3 is 2.35 bits per heavy atom. The molecule has 0 aromatic heterocycles. The number of hydrazone groups is 1. The van der Waals surface area contributed by atoms with Gasteiger partial charge in [-0.15, -0.1) is 0 Å². The first kappa shape index (κ1) is 22.8. The molecular weight excluding hydrogens is 457 g/mol. The van der Waals surface area contributed by atoms with Crippen molar-refractivity contribution in [1.82, 2.24) is 4.83 Å². The van der Waals surface area contributed by atoms with Gasteiger partial charge in [0, 0.05) is 10.7 Å². The summed E-state index contributed by atoms with van der Waals surface area (Å²) in [6.45, 7) is 3.54. The maximum absolute atomic E-state index is 12.5. The quantitative estimate of drug-likeness (QED) is 0.376. The van der Waals surface area contributed by atoms with Gasteiger partial charge >= 0.3 is 0 Å². The number of halogens is 2. The highest BCUT2D eigenvalue weighted by Crippen LogP contribution is 2.22. The van der Waals surface area contributed by atoms with E-state index in [9.17, 15) is 13.2 Å². The average Bonchev–Trinajstić information content (AvgIpc) is 2.72. The van der Waals surface area contributed by atoms with Crippen LogP contribution >= 0.6 is 23.2 Å².